The van der Waals surface area contributed by atoms with E-state index in [1.807, 2.05) is 56.3 Å². The molecule has 0 aromatic heterocycles. The molecule has 0 bridgehead atoms. The van der Waals surface area contributed by atoms with Crippen molar-refractivity contribution in [2.45, 2.75) is 19.4 Å². The van der Waals surface area contributed by atoms with E-state index in [-0.39, 0.29) is 0 Å². The number of rotatable bonds is 2. The Labute approximate surface area is 89.0 Å². The number of hydrogen-bond donors (Lipinski definition) is 1. The number of hydrogen-bond acceptors (Lipinski definition) is 2. The average Bonchev–Trinajstić information content (AvgIpc) is 2.28. The molecule has 0 amide bonds. The third-order valence-electron chi connectivity index (χ3n) is 2.67. The Morgan fingerprint density at radius 2 is 1.67 bits per heavy atom. The molecule has 78 valence electrons. The fourth-order valence-electron chi connectivity index (χ4n) is 1.80. The van der Waals surface area contributed by atoms with Gasteiger partial charge in [-0.2, -0.15) is 0 Å². The number of benzene rings is 2. The Hall–Kier alpha value is -1.38. The highest BCUT2D eigenvalue weighted by molar-refractivity contribution is 5.86. The van der Waals surface area contributed by atoms with E-state index < -0.39 is 5.60 Å². The van der Waals surface area contributed by atoms with Crippen LogP contribution in [-0.2, 0) is 10.5 Å². The molecule has 15 heavy (non-hydrogen) atoms. The minimum atomic E-state index is -0.680. The molecule has 0 atom stereocenters. The van der Waals surface area contributed by atoms with E-state index in [0.29, 0.717) is 0 Å². The highest BCUT2D eigenvalue weighted by Gasteiger charge is 2.23. The van der Waals surface area contributed by atoms with Gasteiger partial charge in [0.25, 0.3) is 0 Å². The van der Waals surface area contributed by atoms with Crippen molar-refractivity contribution in [3.8, 4) is 0 Å². The summed E-state index contributed by atoms with van der Waals surface area (Å²) in [5.74, 6) is 0. The molecule has 0 saturated carbocycles. The molecule has 0 aliphatic carbocycles. The maximum absolute atomic E-state index is 8.91. The second-order valence-electron chi connectivity index (χ2n) is 4.13. The van der Waals surface area contributed by atoms with Gasteiger partial charge < -0.3 is 0 Å². The quantitative estimate of drug-likeness (QED) is 0.596. The van der Waals surface area contributed by atoms with Gasteiger partial charge in [-0.1, -0.05) is 42.5 Å². The number of fused-ring (bicyclic) bond motifs is 1. The minimum Gasteiger partial charge on any atom is -0.251 e. The molecule has 0 unspecified atom stereocenters. The van der Waals surface area contributed by atoms with Gasteiger partial charge in [-0.05, 0) is 30.2 Å². The van der Waals surface area contributed by atoms with Gasteiger partial charge in [0.1, 0.15) is 5.60 Å². The van der Waals surface area contributed by atoms with Crippen molar-refractivity contribution in [1.82, 2.24) is 0 Å². The summed E-state index contributed by atoms with van der Waals surface area (Å²) in [6.07, 6.45) is 0. The average molecular weight is 202 g/mol. The van der Waals surface area contributed by atoms with E-state index in [1.54, 1.807) is 0 Å². The maximum atomic E-state index is 8.91. The smallest absolute Gasteiger partial charge is 0.123 e. The molecule has 0 fully saturated rings. The fourth-order valence-corrected chi connectivity index (χ4v) is 1.80. The van der Waals surface area contributed by atoms with Crippen LogP contribution in [0.5, 0.6) is 0 Å². The molecule has 0 aliphatic rings. The molecule has 2 rings (SSSR count). The van der Waals surface area contributed by atoms with E-state index in [4.69, 9.17) is 5.26 Å². The summed E-state index contributed by atoms with van der Waals surface area (Å²) in [6.45, 7) is 3.68. The molecular weight excluding hydrogens is 188 g/mol. The first kappa shape index (κ1) is 10.1. The predicted molar refractivity (Wildman–Crippen MR) is 60.7 cm³/mol. The summed E-state index contributed by atoms with van der Waals surface area (Å²) < 4.78 is 0. The van der Waals surface area contributed by atoms with Crippen molar-refractivity contribution in [2.24, 2.45) is 0 Å². The summed E-state index contributed by atoms with van der Waals surface area (Å²) in [5, 5.41) is 11.2. The lowest BCUT2D eigenvalue weighted by molar-refractivity contribution is -0.317. The molecule has 0 radical (unpaired) electrons. The first-order valence-electron chi connectivity index (χ1n) is 4.96. The van der Waals surface area contributed by atoms with Gasteiger partial charge in [0.15, 0.2) is 0 Å². The molecule has 2 aromatic rings. The summed E-state index contributed by atoms with van der Waals surface area (Å²) in [5.41, 5.74) is 0.309. The topological polar surface area (TPSA) is 29.5 Å². The van der Waals surface area contributed by atoms with E-state index in [0.717, 1.165) is 16.3 Å². The normalized spacial score (nSPS) is 11.9. The molecule has 0 heterocycles. The van der Waals surface area contributed by atoms with E-state index in [9.17, 15) is 0 Å². The fraction of sp³-hybridized carbons (Fsp3) is 0.231. The minimum absolute atomic E-state index is 0.680. The van der Waals surface area contributed by atoms with Gasteiger partial charge in [0.05, 0.1) is 0 Å². The molecule has 1 N–H and O–H groups in total. The van der Waals surface area contributed by atoms with Gasteiger partial charge in [-0.25, -0.2) is 4.89 Å². The zero-order valence-corrected chi connectivity index (χ0v) is 8.90. The van der Waals surface area contributed by atoms with Crippen LogP contribution in [0.4, 0.5) is 0 Å². The Kier molecular flexibility index (Phi) is 2.47. The predicted octanol–water partition coefficient (Wildman–Crippen LogP) is 3.56. The van der Waals surface area contributed by atoms with Crippen LogP contribution in [0.3, 0.4) is 0 Å². The van der Waals surface area contributed by atoms with E-state index >= 15 is 0 Å². The van der Waals surface area contributed by atoms with Crippen molar-refractivity contribution in [2.75, 3.05) is 0 Å². The second-order valence-corrected chi connectivity index (χ2v) is 4.13. The van der Waals surface area contributed by atoms with Crippen LogP contribution < -0.4 is 0 Å². The maximum Gasteiger partial charge on any atom is 0.123 e. The largest absolute Gasteiger partial charge is 0.251 e. The Morgan fingerprint density at radius 3 is 2.40 bits per heavy atom. The van der Waals surface area contributed by atoms with Crippen LogP contribution in [0, 0.1) is 0 Å². The molecule has 0 aliphatic heterocycles. The zero-order valence-electron chi connectivity index (χ0n) is 8.90. The van der Waals surface area contributed by atoms with Gasteiger partial charge in [-0.3, -0.25) is 5.26 Å². The Morgan fingerprint density at radius 1 is 1.00 bits per heavy atom. The van der Waals surface area contributed by atoms with Gasteiger partial charge in [0.2, 0.25) is 0 Å². The lowest BCUT2D eigenvalue weighted by atomic mass is 9.93. The van der Waals surface area contributed by atoms with Gasteiger partial charge in [0, 0.05) is 0 Å². The van der Waals surface area contributed by atoms with Crippen molar-refractivity contribution in [3.63, 3.8) is 0 Å². The first-order chi connectivity index (χ1) is 7.15. The third kappa shape index (κ3) is 1.74. The summed E-state index contributed by atoms with van der Waals surface area (Å²) >= 11 is 0. The molecule has 2 aromatic carbocycles. The standard InChI is InChI=1S/C13H14O2/c1-13(2,15-14)12-9-5-7-10-6-3-4-8-11(10)12/h3-9,14H,1-2H3. The van der Waals surface area contributed by atoms with Crippen molar-refractivity contribution in [1.29, 1.82) is 0 Å². The second kappa shape index (κ2) is 3.65. The lowest BCUT2D eigenvalue weighted by Gasteiger charge is -2.22. The SMILES string of the molecule is CC(C)(OO)c1cccc2ccccc12. The lowest BCUT2D eigenvalue weighted by Crippen LogP contribution is -2.19. The summed E-state index contributed by atoms with van der Waals surface area (Å²) in [4.78, 5) is 4.53. The van der Waals surface area contributed by atoms with Gasteiger partial charge >= 0.3 is 0 Å². The van der Waals surface area contributed by atoms with Gasteiger partial charge in [-0.15, -0.1) is 0 Å². The van der Waals surface area contributed by atoms with Crippen LogP contribution in [0.2, 0.25) is 0 Å². The van der Waals surface area contributed by atoms with Crippen LogP contribution in [0.1, 0.15) is 19.4 Å². The van der Waals surface area contributed by atoms with E-state index in [2.05, 4.69) is 4.89 Å². The van der Waals surface area contributed by atoms with Crippen molar-refractivity contribution in [3.05, 3.63) is 48.0 Å². The molecule has 0 saturated heterocycles. The molecule has 2 heteroatoms. The van der Waals surface area contributed by atoms with Crippen LogP contribution in [0.15, 0.2) is 42.5 Å². The molecule has 2 nitrogen and oxygen atoms in total. The summed E-state index contributed by atoms with van der Waals surface area (Å²) in [7, 11) is 0. The zero-order chi connectivity index (χ0) is 10.9. The third-order valence-corrected chi connectivity index (χ3v) is 2.67. The Bertz CT molecular complexity index is 469. The summed E-state index contributed by atoms with van der Waals surface area (Å²) in [6, 6.07) is 14.1. The van der Waals surface area contributed by atoms with Crippen molar-refractivity contribution >= 4 is 10.8 Å². The first-order valence-corrected chi connectivity index (χ1v) is 4.96. The van der Waals surface area contributed by atoms with Crippen LogP contribution in [-0.4, -0.2) is 5.26 Å². The van der Waals surface area contributed by atoms with Crippen LogP contribution in [0.25, 0.3) is 10.8 Å². The molecule has 0 spiro atoms. The monoisotopic (exact) mass is 202 g/mol. The van der Waals surface area contributed by atoms with Crippen LogP contribution >= 0.6 is 0 Å². The highest BCUT2D eigenvalue weighted by Crippen LogP contribution is 2.30. The Balaban J connectivity index is 2.71. The van der Waals surface area contributed by atoms with E-state index in [1.165, 1.54) is 0 Å². The molecular formula is C13H14O2. The highest BCUT2D eigenvalue weighted by atomic mass is 17.1. The van der Waals surface area contributed by atoms with Crippen molar-refractivity contribution < 1.29 is 10.1 Å².